The number of fused-ring (bicyclic) bond motifs is 1. The van der Waals surface area contributed by atoms with Crippen LogP contribution in [0.4, 0.5) is 0 Å². The summed E-state index contributed by atoms with van der Waals surface area (Å²) >= 11 is 6.00. The van der Waals surface area contributed by atoms with Crippen molar-refractivity contribution in [2.45, 2.75) is 13.5 Å². The van der Waals surface area contributed by atoms with Crippen molar-refractivity contribution in [3.63, 3.8) is 0 Å². The first kappa shape index (κ1) is 17.6. The van der Waals surface area contributed by atoms with Crippen LogP contribution < -0.4 is 16.0 Å². The Kier molecular flexibility index (Phi) is 4.73. The number of hydrogen-bond donors (Lipinski definition) is 1. The van der Waals surface area contributed by atoms with E-state index in [4.69, 9.17) is 22.1 Å². The molecule has 0 radical (unpaired) electrons. The van der Waals surface area contributed by atoms with Crippen LogP contribution in [0.2, 0.25) is 5.02 Å². The van der Waals surface area contributed by atoms with Gasteiger partial charge < -0.3 is 10.5 Å². The summed E-state index contributed by atoms with van der Waals surface area (Å²) in [4.78, 5) is 36.4. The zero-order chi connectivity index (χ0) is 18.8. The van der Waals surface area contributed by atoms with Gasteiger partial charge in [-0.15, -0.1) is 0 Å². The van der Waals surface area contributed by atoms with Crippen molar-refractivity contribution >= 4 is 34.2 Å². The lowest BCUT2D eigenvalue weighted by Gasteiger charge is -2.10. The molecule has 0 saturated heterocycles. The van der Waals surface area contributed by atoms with Gasteiger partial charge in [-0.1, -0.05) is 35.9 Å². The molecule has 132 valence electrons. The Morgan fingerprint density at radius 1 is 1.19 bits per heavy atom. The summed E-state index contributed by atoms with van der Waals surface area (Å²) in [6.07, 6.45) is 0. The second-order valence-corrected chi connectivity index (χ2v) is 6.04. The molecule has 0 aliphatic carbocycles. The molecule has 0 bridgehead atoms. The Hall–Kier alpha value is -3.19. The van der Waals surface area contributed by atoms with Crippen LogP contribution in [0.25, 0.3) is 10.8 Å². The zero-order valence-corrected chi connectivity index (χ0v) is 14.5. The molecule has 26 heavy (non-hydrogen) atoms. The van der Waals surface area contributed by atoms with E-state index in [2.05, 4.69) is 5.10 Å². The van der Waals surface area contributed by atoms with Crippen LogP contribution in [0, 0.1) is 6.92 Å². The predicted molar refractivity (Wildman–Crippen MR) is 96.3 cm³/mol. The molecule has 0 aliphatic heterocycles. The maximum absolute atomic E-state index is 12.5. The first-order chi connectivity index (χ1) is 12.4. The van der Waals surface area contributed by atoms with E-state index in [9.17, 15) is 14.4 Å². The first-order valence-electron chi connectivity index (χ1n) is 7.63. The minimum Gasteiger partial charge on any atom is -0.424 e. The second-order valence-electron chi connectivity index (χ2n) is 5.63. The van der Waals surface area contributed by atoms with Gasteiger partial charge in [0.05, 0.1) is 10.4 Å². The number of amides is 1. The third-order valence-corrected chi connectivity index (χ3v) is 4.00. The Bertz CT molecular complexity index is 1090. The molecule has 2 N–H and O–H groups in total. The normalized spacial score (nSPS) is 10.7. The van der Waals surface area contributed by atoms with E-state index in [1.165, 1.54) is 6.07 Å². The van der Waals surface area contributed by atoms with Crippen LogP contribution in [-0.2, 0) is 11.3 Å². The smallest absolute Gasteiger partial charge is 0.333 e. The highest BCUT2D eigenvalue weighted by atomic mass is 35.5. The van der Waals surface area contributed by atoms with Gasteiger partial charge in [0, 0.05) is 5.39 Å². The van der Waals surface area contributed by atoms with E-state index < -0.39 is 24.0 Å². The third-order valence-electron chi connectivity index (χ3n) is 3.69. The fraction of sp³-hybridized carbons (Fsp3) is 0.111. The van der Waals surface area contributed by atoms with Crippen LogP contribution in [0.1, 0.15) is 16.1 Å². The lowest BCUT2D eigenvalue weighted by Crippen LogP contribution is -2.31. The summed E-state index contributed by atoms with van der Waals surface area (Å²) < 4.78 is 6.07. The van der Waals surface area contributed by atoms with Gasteiger partial charge in [0.2, 0.25) is 0 Å². The van der Waals surface area contributed by atoms with Gasteiger partial charge in [-0.3, -0.25) is 9.59 Å². The molecule has 0 atom stereocenters. The zero-order valence-electron chi connectivity index (χ0n) is 13.7. The molecule has 8 heteroatoms. The number of carbonyl (C=O) groups is 2. The third kappa shape index (κ3) is 3.43. The maximum atomic E-state index is 12.5. The van der Waals surface area contributed by atoms with E-state index in [0.717, 1.165) is 10.2 Å². The summed E-state index contributed by atoms with van der Waals surface area (Å²) in [5, 5.41) is 4.75. The highest BCUT2D eigenvalue weighted by molar-refractivity contribution is 6.32. The molecule has 0 fully saturated rings. The van der Waals surface area contributed by atoms with Gasteiger partial charge in [0.1, 0.15) is 12.3 Å². The minimum atomic E-state index is -0.801. The molecule has 1 aromatic heterocycles. The summed E-state index contributed by atoms with van der Waals surface area (Å²) in [5.41, 5.74) is 5.57. The van der Waals surface area contributed by atoms with Crippen LogP contribution in [0.3, 0.4) is 0 Å². The first-order valence-corrected chi connectivity index (χ1v) is 8.01. The molecular formula is C18H14ClN3O4. The molecule has 1 heterocycles. The largest absolute Gasteiger partial charge is 0.424 e. The molecule has 0 saturated carbocycles. The van der Waals surface area contributed by atoms with E-state index in [1.54, 1.807) is 36.4 Å². The number of nitrogens with zero attached hydrogens (tertiary/aromatic N) is 2. The number of halogens is 1. The molecule has 7 nitrogen and oxygen atoms in total. The quantitative estimate of drug-likeness (QED) is 0.558. The minimum absolute atomic E-state index is 0.0958. The van der Waals surface area contributed by atoms with Gasteiger partial charge in [0.15, 0.2) is 5.69 Å². The standard InChI is InChI=1S/C18H14ClN3O4/c1-10-6-7-13(19)14(8-10)26-15(23)9-22-18(25)12-5-3-2-4-11(12)16(21-22)17(20)24/h2-8H,9H2,1H3,(H2,20,24). The number of benzene rings is 2. The summed E-state index contributed by atoms with van der Waals surface area (Å²) in [5.74, 6) is -1.37. The lowest BCUT2D eigenvalue weighted by atomic mass is 10.1. The van der Waals surface area contributed by atoms with Crippen molar-refractivity contribution in [1.82, 2.24) is 9.78 Å². The predicted octanol–water partition coefficient (Wildman–Crippen LogP) is 2.06. The molecule has 1 amide bonds. The monoisotopic (exact) mass is 371 g/mol. The van der Waals surface area contributed by atoms with Crippen molar-refractivity contribution in [2.24, 2.45) is 5.73 Å². The number of rotatable bonds is 4. The van der Waals surface area contributed by atoms with Crippen molar-refractivity contribution < 1.29 is 14.3 Å². The van der Waals surface area contributed by atoms with Gasteiger partial charge in [-0.25, -0.2) is 9.48 Å². The Labute approximate surface area is 152 Å². The number of ether oxygens (including phenoxy) is 1. The SMILES string of the molecule is Cc1ccc(Cl)c(OC(=O)Cn2nc(C(N)=O)c3ccccc3c2=O)c1. The molecule has 3 rings (SSSR count). The number of esters is 1. The highest BCUT2D eigenvalue weighted by Crippen LogP contribution is 2.25. The van der Waals surface area contributed by atoms with Crippen LogP contribution >= 0.6 is 11.6 Å². The fourth-order valence-electron chi connectivity index (χ4n) is 2.49. The van der Waals surface area contributed by atoms with Gasteiger partial charge in [-0.2, -0.15) is 5.10 Å². The maximum Gasteiger partial charge on any atom is 0.333 e. The molecule has 0 unspecified atom stereocenters. The average Bonchev–Trinajstić information content (AvgIpc) is 2.60. The van der Waals surface area contributed by atoms with E-state index >= 15 is 0 Å². The number of carbonyl (C=O) groups excluding carboxylic acids is 2. The summed E-state index contributed by atoms with van der Waals surface area (Å²) in [6.45, 7) is 1.33. The van der Waals surface area contributed by atoms with Crippen molar-refractivity contribution in [1.29, 1.82) is 0 Å². The second kappa shape index (κ2) is 6.97. The van der Waals surface area contributed by atoms with Gasteiger partial charge in [-0.05, 0) is 30.7 Å². The topological polar surface area (TPSA) is 104 Å². The Morgan fingerprint density at radius 2 is 1.88 bits per heavy atom. The van der Waals surface area contributed by atoms with Crippen LogP contribution in [0.15, 0.2) is 47.3 Å². The van der Waals surface area contributed by atoms with Crippen molar-refractivity contribution in [3.8, 4) is 5.75 Å². The Balaban J connectivity index is 1.97. The number of nitrogens with two attached hydrogens (primary N) is 1. The van der Waals surface area contributed by atoms with Crippen LogP contribution in [0.5, 0.6) is 5.75 Å². The van der Waals surface area contributed by atoms with Gasteiger partial charge >= 0.3 is 5.97 Å². The molecular weight excluding hydrogens is 358 g/mol. The van der Waals surface area contributed by atoms with Crippen molar-refractivity contribution in [3.05, 3.63) is 69.1 Å². The lowest BCUT2D eigenvalue weighted by molar-refractivity contribution is -0.135. The number of primary amides is 1. The molecule has 0 aliphatic rings. The van der Waals surface area contributed by atoms with E-state index in [0.29, 0.717) is 5.39 Å². The number of aromatic nitrogens is 2. The van der Waals surface area contributed by atoms with Crippen LogP contribution in [-0.4, -0.2) is 21.7 Å². The van der Waals surface area contributed by atoms with E-state index in [1.807, 2.05) is 6.92 Å². The Morgan fingerprint density at radius 3 is 2.58 bits per heavy atom. The number of aryl methyl sites for hydroxylation is 1. The average molecular weight is 372 g/mol. The highest BCUT2D eigenvalue weighted by Gasteiger charge is 2.17. The van der Waals surface area contributed by atoms with Gasteiger partial charge in [0.25, 0.3) is 11.5 Å². The molecule has 0 spiro atoms. The molecule has 2 aromatic carbocycles. The van der Waals surface area contributed by atoms with Crippen molar-refractivity contribution in [2.75, 3.05) is 0 Å². The number of hydrogen-bond acceptors (Lipinski definition) is 5. The fourth-order valence-corrected chi connectivity index (χ4v) is 2.65. The summed E-state index contributed by atoms with van der Waals surface area (Å²) in [6, 6.07) is 11.4. The molecule has 3 aromatic rings. The van der Waals surface area contributed by atoms with E-state index in [-0.39, 0.29) is 21.9 Å². The summed E-state index contributed by atoms with van der Waals surface area (Å²) in [7, 11) is 0.